The molecule has 0 aromatic carbocycles. The highest BCUT2D eigenvalue weighted by molar-refractivity contribution is 5.85. The minimum absolute atomic E-state index is 0. The maximum absolute atomic E-state index is 9.46. The Labute approximate surface area is 105 Å². The maximum Gasteiger partial charge on any atom is 0.0667 e. The van der Waals surface area contributed by atoms with E-state index in [1.54, 1.807) is 12.2 Å². The van der Waals surface area contributed by atoms with E-state index in [0.29, 0.717) is 13.1 Å². The summed E-state index contributed by atoms with van der Waals surface area (Å²) < 4.78 is 0. The van der Waals surface area contributed by atoms with E-state index in [1.807, 2.05) is 0 Å². The highest BCUT2D eigenvalue weighted by Gasteiger charge is 2.05. The van der Waals surface area contributed by atoms with Gasteiger partial charge in [-0.25, -0.2) is 0 Å². The molecule has 0 aliphatic heterocycles. The molecule has 16 heavy (non-hydrogen) atoms. The van der Waals surface area contributed by atoms with Crippen LogP contribution in [0.25, 0.3) is 0 Å². The summed E-state index contributed by atoms with van der Waals surface area (Å²) >= 11 is 0. The third kappa shape index (κ3) is 11.7. The zero-order valence-electron chi connectivity index (χ0n) is 9.77. The molecule has 0 radical (unpaired) electrons. The van der Waals surface area contributed by atoms with Gasteiger partial charge in [-0.15, -0.1) is 25.6 Å². The quantitative estimate of drug-likeness (QED) is 0.516. The predicted octanol–water partition coefficient (Wildman–Crippen LogP) is 1.65. The second-order valence-corrected chi connectivity index (χ2v) is 3.70. The topological polar surface area (TPSA) is 52.5 Å². The van der Waals surface area contributed by atoms with E-state index in [4.69, 9.17) is 0 Å². The smallest absolute Gasteiger partial charge is 0.0667 e. The molecule has 0 bridgehead atoms. The van der Waals surface area contributed by atoms with Crippen molar-refractivity contribution in [2.75, 3.05) is 13.1 Å². The van der Waals surface area contributed by atoms with Gasteiger partial charge >= 0.3 is 0 Å². The average molecular weight is 250 g/mol. The van der Waals surface area contributed by atoms with E-state index in [0.717, 1.165) is 25.7 Å². The van der Waals surface area contributed by atoms with Crippen LogP contribution in [0.1, 0.15) is 25.7 Å². The Balaban J connectivity index is 0. The molecule has 0 aliphatic rings. The molecule has 0 saturated heterocycles. The van der Waals surface area contributed by atoms with Gasteiger partial charge in [-0.05, 0) is 25.7 Å². The maximum atomic E-state index is 9.46. The molecule has 0 heterocycles. The van der Waals surface area contributed by atoms with Crippen molar-refractivity contribution in [3.05, 3.63) is 25.3 Å². The molecule has 3 N–H and O–H groups in total. The van der Waals surface area contributed by atoms with Crippen LogP contribution in [0.2, 0.25) is 0 Å². The summed E-state index contributed by atoms with van der Waals surface area (Å²) in [6.45, 7) is 8.24. The van der Waals surface area contributed by atoms with Crippen LogP contribution in [-0.4, -0.2) is 35.5 Å². The standard InChI is InChI=1S/C12H23NO2.ClH/c1-3-5-7-11(14)9-13-10-12(15)8-6-4-2;/h3-4,11-15H,1-2,5-10H2;1H. The molecule has 0 amide bonds. The Kier molecular flexibility index (Phi) is 14.3. The monoisotopic (exact) mass is 249 g/mol. The average Bonchev–Trinajstić information content (AvgIpc) is 2.23. The van der Waals surface area contributed by atoms with Crippen LogP contribution in [0.5, 0.6) is 0 Å². The van der Waals surface area contributed by atoms with E-state index in [1.165, 1.54) is 0 Å². The zero-order chi connectivity index (χ0) is 11.5. The Hall–Kier alpha value is -0.350. The Morgan fingerprint density at radius 1 is 0.938 bits per heavy atom. The van der Waals surface area contributed by atoms with Gasteiger partial charge < -0.3 is 15.5 Å². The van der Waals surface area contributed by atoms with Crippen molar-refractivity contribution < 1.29 is 10.2 Å². The second kappa shape index (κ2) is 12.7. The molecular formula is C12H24ClNO2. The lowest BCUT2D eigenvalue weighted by atomic mass is 10.1. The number of hydrogen-bond donors (Lipinski definition) is 3. The van der Waals surface area contributed by atoms with Crippen molar-refractivity contribution in [3.8, 4) is 0 Å². The van der Waals surface area contributed by atoms with Crippen LogP contribution in [0.4, 0.5) is 0 Å². The minimum Gasteiger partial charge on any atom is -0.392 e. The molecule has 0 spiro atoms. The molecule has 2 unspecified atom stereocenters. The molecule has 0 aromatic heterocycles. The second-order valence-electron chi connectivity index (χ2n) is 3.70. The summed E-state index contributed by atoms with van der Waals surface area (Å²) in [5, 5.41) is 22.0. The normalized spacial score (nSPS) is 13.6. The Morgan fingerprint density at radius 2 is 1.31 bits per heavy atom. The molecule has 0 saturated carbocycles. The van der Waals surface area contributed by atoms with Crippen LogP contribution in [0.3, 0.4) is 0 Å². The van der Waals surface area contributed by atoms with E-state index >= 15 is 0 Å². The summed E-state index contributed by atoms with van der Waals surface area (Å²) in [5.41, 5.74) is 0. The summed E-state index contributed by atoms with van der Waals surface area (Å²) in [6, 6.07) is 0. The first kappa shape index (κ1) is 18.0. The van der Waals surface area contributed by atoms with Gasteiger partial charge in [0.05, 0.1) is 12.2 Å². The molecule has 0 aliphatic carbocycles. The minimum atomic E-state index is -0.352. The molecule has 0 aromatic rings. The third-order valence-corrected chi connectivity index (χ3v) is 2.17. The SMILES string of the molecule is C=CCCC(O)CNCC(O)CCC=C.Cl. The van der Waals surface area contributed by atoms with Crippen LogP contribution < -0.4 is 5.32 Å². The van der Waals surface area contributed by atoms with Crippen molar-refractivity contribution in [2.45, 2.75) is 37.9 Å². The molecule has 0 fully saturated rings. The lowest BCUT2D eigenvalue weighted by Gasteiger charge is -2.13. The number of halogens is 1. The predicted molar refractivity (Wildman–Crippen MR) is 71.0 cm³/mol. The molecule has 0 rings (SSSR count). The summed E-state index contributed by atoms with van der Waals surface area (Å²) in [7, 11) is 0. The van der Waals surface area contributed by atoms with Crippen molar-refractivity contribution in [1.29, 1.82) is 0 Å². The fraction of sp³-hybridized carbons (Fsp3) is 0.667. The number of aliphatic hydroxyl groups excluding tert-OH is 2. The lowest BCUT2D eigenvalue weighted by molar-refractivity contribution is 0.137. The summed E-state index contributed by atoms with van der Waals surface area (Å²) in [4.78, 5) is 0. The van der Waals surface area contributed by atoms with Crippen molar-refractivity contribution in [1.82, 2.24) is 5.32 Å². The van der Waals surface area contributed by atoms with E-state index in [-0.39, 0.29) is 24.6 Å². The Bertz CT molecular complexity index is 158. The number of nitrogens with one attached hydrogen (secondary N) is 1. The highest BCUT2D eigenvalue weighted by atomic mass is 35.5. The fourth-order valence-corrected chi connectivity index (χ4v) is 1.24. The first-order valence-corrected chi connectivity index (χ1v) is 5.49. The summed E-state index contributed by atoms with van der Waals surface area (Å²) in [5.74, 6) is 0. The molecule has 4 heteroatoms. The van der Waals surface area contributed by atoms with Crippen molar-refractivity contribution in [2.24, 2.45) is 0 Å². The van der Waals surface area contributed by atoms with Gasteiger partial charge in [0.1, 0.15) is 0 Å². The van der Waals surface area contributed by atoms with Gasteiger partial charge in [-0.1, -0.05) is 12.2 Å². The van der Waals surface area contributed by atoms with Crippen LogP contribution in [0, 0.1) is 0 Å². The van der Waals surface area contributed by atoms with Gasteiger partial charge in [0, 0.05) is 13.1 Å². The van der Waals surface area contributed by atoms with Crippen LogP contribution in [0.15, 0.2) is 25.3 Å². The van der Waals surface area contributed by atoms with Gasteiger partial charge in [-0.3, -0.25) is 0 Å². The lowest BCUT2D eigenvalue weighted by Crippen LogP contribution is -2.33. The van der Waals surface area contributed by atoms with Crippen LogP contribution in [-0.2, 0) is 0 Å². The first-order chi connectivity index (χ1) is 7.20. The summed E-state index contributed by atoms with van der Waals surface area (Å²) in [6.07, 6.45) is 5.97. The van der Waals surface area contributed by atoms with Crippen LogP contribution >= 0.6 is 12.4 Å². The molecule has 2 atom stereocenters. The van der Waals surface area contributed by atoms with Gasteiger partial charge in [0.25, 0.3) is 0 Å². The highest BCUT2D eigenvalue weighted by Crippen LogP contribution is 1.98. The largest absolute Gasteiger partial charge is 0.392 e. The van der Waals surface area contributed by atoms with E-state index in [9.17, 15) is 10.2 Å². The van der Waals surface area contributed by atoms with Gasteiger partial charge in [0.2, 0.25) is 0 Å². The number of aliphatic hydroxyl groups is 2. The van der Waals surface area contributed by atoms with Crippen molar-refractivity contribution >= 4 is 12.4 Å². The molecule has 96 valence electrons. The van der Waals surface area contributed by atoms with E-state index in [2.05, 4.69) is 18.5 Å². The Morgan fingerprint density at radius 3 is 1.62 bits per heavy atom. The van der Waals surface area contributed by atoms with Gasteiger partial charge in [-0.2, -0.15) is 0 Å². The number of allylic oxidation sites excluding steroid dienone is 2. The number of hydrogen-bond acceptors (Lipinski definition) is 3. The fourth-order valence-electron chi connectivity index (χ4n) is 1.24. The molecular weight excluding hydrogens is 226 g/mol. The third-order valence-electron chi connectivity index (χ3n) is 2.17. The van der Waals surface area contributed by atoms with Gasteiger partial charge in [0.15, 0.2) is 0 Å². The first-order valence-electron chi connectivity index (χ1n) is 5.49. The van der Waals surface area contributed by atoms with Crippen molar-refractivity contribution in [3.63, 3.8) is 0 Å². The molecule has 3 nitrogen and oxygen atoms in total. The van der Waals surface area contributed by atoms with E-state index < -0.39 is 0 Å². The number of rotatable bonds is 10. The zero-order valence-corrected chi connectivity index (χ0v) is 10.6.